The summed E-state index contributed by atoms with van der Waals surface area (Å²) in [5.41, 5.74) is -0.381. The smallest absolute Gasteiger partial charge is 0.417 e. The van der Waals surface area contributed by atoms with Crippen molar-refractivity contribution < 1.29 is 27.4 Å². The van der Waals surface area contributed by atoms with E-state index in [1.54, 1.807) is 12.1 Å². The minimum Gasteiger partial charge on any atom is -0.489 e. The molecule has 1 N–H and O–H groups in total. The van der Waals surface area contributed by atoms with Gasteiger partial charge in [0.1, 0.15) is 5.82 Å². The number of carbonyl (C=O) groups excluding carboxylic acids is 1. The molecule has 0 aliphatic carbocycles. The topological polar surface area (TPSA) is 63.7 Å². The quantitative estimate of drug-likeness (QED) is 0.747. The molecule has 166 valence electrons. The first kappa shape index (κ1) is 21.5. The second-order valence-electron chi connectivity index (χ2n) is 7.47. The number of piperidine rings is 1. The normalized spacial score (nSPS) is 17.2. The van der Waals surface area contributed by atoms with Gasteiger partial charge in [-0.1, -0.05) is 11.6 Å². The fourth-order valence-electron chi connectivity index (χ4n) is 3.62. The van der Waals surface area contributed by atoms with E-state index in [9.17, 15) is 18.0 Å². The molecule has 10 heteroatoms. The van der Waals surface area contributed by atoms with Crippen LogP contribution in [0.2, 0.25) is 5.02 Å². The Kier molecular flexibility index (Phi) is 6.13. The zero-order valence-electron chi connectivity index (χ0n) is 16.5. The second kappa shape index (κ2) is 8.82. The van der Waals surface area contributed by atoms with Crippen LogP contribution in [0.1, 0.15) is 35.2 Å². The van der Waals surface area contributed by atoms with Crippen LogP contribution in [0.4, 0.5) is 19.0 Å². The Balaban J connectivity index is 1.35. The van der Waals surface area contributed by atoms with Gasteiger partial charge in [0.25, 0.3) is 5.91 Å². The number of aromatic nitrogens is 1. The summed E-state index contributed by atoms with van der Waals surface area (Å²) in [5.74, 6) is 1.14. The minimum atomic E-state index is -4.40. The third-order valence-corrected chi connectivity index (χ3v) is 5.57. The lowest BCUT2D eigenvalue weighted by atomic mass is 10.0. The molecule has 1 fully saturated rings. The predicted molar refractivity (Wildman–Crippen MR) is 109 cm³/mol. The molecule has 0 saturated carbocycles. The van der Waals surface area contributed by atoms with Gasteiger partial charge in [0.05, 0.1) is 23.8 Å². The van der Waals surface area contributed by atoms with Gasteiger partial charge in [-0.3, -0.25) is 4.79 Å². The van der Waals surface area contributed by atoms with Crippen LogP contribution in [0.15, 0.2) is 30.5 Å². The van der Waals surface area contributed by atoms with Gasteiger partial charge >= 0.3 is 6.18 Å². The average Bonchev–Trinajstić information content (AvgIpc) is 3.00. The fourth-order valence-corrected chi connectivity index (χ4v) is 3.89. The number of ether oxygens (including phenoxy) is 2. The van der Waals surface area contributed by atoms with Crippen LogP contribution in [0.5, 0.6) is 11.5 Å². The first-order valence-corrected chi connectivity index (χ1v) is 10.4. The highest BCUT2D eigenvalue weighted by Crippen LogP contribution is 2.38. The minimum absolute atomic E-state index is 0.0621. The summed E-state index contributed by atoms with van der Waals surface area (Å²) in [6.07, 6.45) is -1.53. The molecular weight excluding hydrogens is 435 g/mol. The highest BCUT2D eigenvalue weighted by molar-refractivity contribution is 6.32. The van der Waals surface area contributed by atoms with Crippen LogP contribution in [0, 0.1) is 0 Å². The molecule has 1 aromatic carbocycles. The summed E-state index contributed by atoms with van der Waals surface area (Å²) in [7, 11) is 0. The molecule has 6 nitrogen and oxygen atoms in total. The van der Waals surface area contributed by atoms with E-state index in [0.29, 0.717) is 67.0 Å². The second-order valence-corrected chi connectivity index (χ2v) is 7.88. The number of hydrogen-bond donors (Lipinski definition) is 1. The number of halogens is 4. The molecule has 2 aliphatic rings. The Morgan fingerprint density at radius 1 is 1.16 bits per heavy atom. The number of amides is 1. The van der Waals surface area contributed by atoms with Crippen LogP contribution in [-0.4, -0.2) is 43.2 Å². The number of rotatable bonds is 3. The van der Waals surface area contributed by atoms with E-state index in [-0.39, 0.29) is 11.9 Å². The van der Waals surface area contributed by atoms with Gasteiger partial charge in [0.2, 0.25) is 0 Å². The van der Waals surface area contributed by atoms with Gasteiger partial charge in [0, 0.05) is 37.3 Å². The van der Waals surface area contributed by atoms with E-state index in [2.05, 4.69) is 10.3 Å². The summed E-state index contributed by atoms with van der Waals surface area (Å²) < 4.78 is 49.3. The highest BCUT2D eigenvalue weighted by Gasteiger charge is 2.31. The zero-order chi connectivity index (χ0) is 22.0. The number of pyridine rings is 1. The Morgan fingerprint density at radius 2 is 1.90 bits per heavy atom. The lowest BCUT2D eigenvalue weighted by Crippen LogP contribution is -2.45. The molecular formula is C21H21ClF3N3O3. The van der Waals surface area contributed by atoms with E-state index >= 15 is 0 Å². The first-order chi connectivity index (χ1) is 14.8. The molecule has 1 amide bonds. The van der Waals surface area contributed by atoms with Crippen molar-refractivity contribution in [3.8, 4) is 11.5 Å². The van der Waals surface area contributed by atoms with Crippen molar-refractivity contribution in [3.05, 3.63) is 46.6 Å². The van der Waals surface area contributed by atoms with Crippen molar-refractivity contribution in [2.24, 2.45) is 0 Å². The summed E-state index contributed by atoms with van der Waals surface area (Å²) in [5, 5.41) is 3.32. The molecule has 3 heterocycles. The van der Waals surface area contributed by atoms with E-state index < -0.39 is 11.7 Å². The lowest BCUT2D eigenvalue weighted by molar-refractivity contribution is -0.137. The van der Waals surface area contributed by atoms with E-state index in [1.165, 1.54) is 6.07 Å². The van der Waals surface area contributed by atoms with Crippen LogP contribution in [-0.2, 0) is 6.18 Å². The molecule has 1 saturated heterocycles. The maximum atomic E-state index is 12.7. The van der Waals surface area contributed by atoms with Crippen LogP contribution < -0.4 is 19.7 Å². The molecule has 0 spiro atoms. The summed E-state index contributed by atoms with van der Waals surface area (Å²) in [6.45, 7) is 2.14. The van der Waals surface area contributed by atoms with Gasteiger partial charge in [-0.15, -0.1) is 0 Å². The van der Waals surface area contributed by atoms with Crippen molar-refractivity contribution in [2.75, 3.05) is 31.2 Å². The van der Waals surface area contributed by atoms with Crippen molar-refractivity contribution in [1.29, 1.82) is 0 Å². The third kappa shape index (κ3) is 4.98. The zero-order valence-corrected chi connectivity index (χ0v) is 17.3. The molecule has 2 aromatic rings. The van der Waals surface area contributed by atoms with E-state index in [4.69, 9.17) is 21.1 Å². The van der Waals surface area contributed by atoms with Crippen molar-refractivity contribution in [1.82, 2.24) is 10.3 Å². The number of alkyl halides is 3. The Labute approximate surface area is 182 Å². The fraction of sp³-hybridized carbons (Fsp3) is 0.429. The molecule has 0 atom stereocenters. The Morgan fingerprint density at radius 3 is 2.58 bits per heavy atom. The highest BCUT2D eigenvalue weighted by atomic mass is 35.5. The van der Waals surface area contributed by atoms with Crippen molar-refractivity contribution in [2.45, 2.75) is 31.5 Å². The largest absolute Gasteiger partial charge is 0.489 e. The molecule has 4 rings (SSSR count). The third-order valence-electron chi connectivity index (χ3n) is 5.29. The summed E-state index contributed by atoms with van der Waals surface area (Å²) in [6, 6.07) is 5.54. The number of hydrogen-bond acceptors (Lipinski definition) is 5. The molecule has 2 aliphatic heterocycles. The molecule has 0 bridgehead atoms. The first-order valence-electron chi connectivity index (χ1n) is 9.99. The van der Waals surface area contributed by atoms with Crippen molar-refractivity contribution in [3.63, 3.8) is 0 Å². The van der Waals surface area contributed by atoms with Crippen LogP contribution in [0.25, 0.3) is 0 Å². The van der Waals surface area contributed by atoms with E-state index in [1.807, 2.05) is 4.90 Å². The molecule has 31 heavy (non-hydrogen) atoms. The SMILES string of the molecule is O=C(NC1CCN(c2ccc(C(F)(F)F)cn2)CC1)c1cc(Cl)c2c(c1)OCCCO2. The van der Waals surface area contributed by atoms with E-state index in [0.717, 1.165) is 18.7 Å². The maximum Gasteiger partial charge on any atom is 0.417 e. The Bertz CT molecular complexity index is 945. The van der Waals surface area contributed by atoms with Crippen LogP contribution >= 0.6 is 11.6 Å². The number of nitrogens with zero attached hydrogens (tertiary/aromatic N) is 2. The average molecular weight is 456 g/mol. The number of benzene rings is 1. The summed E-state index contributed by atoms with van der Waals surface area (Å²) >= 11 is 6.26. The number of carbonyl (C=O) groups is 1. The predicted octanol–water partition coefficient (Wildman–Crippen LogP) is 4.31. The van der Waals surface area contributed by atoms with Gasteiger partial charge in [-0.2, -0.15) is 13.2 Å². The molecule has 0 unspecified atom stereocenters. The van der Waals surface area contributed by atoms with Crippen molar-refractivity contribution >= 4 is 23.3 Å². The van der Waals surface area contributed by atoms with Gasteiger partial charge in [-0.25, -0.2) is 4.98 Å². The van der Waals surface area contributed by atoms with Gasteiger partial charge in [-0.05, 0) is 37.1 Å². The lowest BCUT2D eigenvalue weighted by Gasteiger charge is -2.33. The maximum absolute atomic E-state index is 12.7. The molecule has 1 aromatic heterocycles. The standard InChI is InChI=1S/C21H21ClF3N3O3/c22-16-10-13(11-17-19(16)31-9-1-8-30-17)20(29)27-15-4-6-28(7-5-15)18-3-2-14(12-26-18)21(23,24)25/h2-3,10-12,15H,1,4-9H2,(H,27,29). The summed E-state index contributed by atoms with van der Waals surface area (Å²) in [4.78, 5) is 18.6. The van der Waals surface area contributed by atoms with Gasteiger partial charge < -0.3 is 19.7 Å². The van der Waals surface area contributed by atoms with Crippen LogP contribution in [0.3, 0.4) is 0 Å². The Hall–Kier alpha value is -2.68. The molecule has 0 radical (unpaired) electrons. The number of nitrogens with one attached hydrogen (secondary N) is 1. The monoisotopic (exact) mass is 455 g/mol. The number of fused-ring (bicyclic) bond motifs is 1. The van der Waals surface area contributed by atoms with Gasteiger partial charge in [0.15, 0.2) is 11.5 Å². The number of anilines is 1.